The first-order valence-electron chi connectivity index (χ1n) is 17.0. The zero-order valence-corrected chi connectivity index (χ0v) is 30.5. The summed E-state index contributed by atoms with van der Waals surface area (Å²) < 4.78 is 44.9. The van der Waals surface area contributed by atoms with Crippen LogP contribution in [-0.2, 0) is 33.5 Å². The van der Waals surface area contributed by atoms with Crippen LogP contribution in [0, 0.1) is 16.9 Å². The zero-order chi connectivity index (χ0) is 36.3. The summed E-state index contributed by atoms with van der Waals surface area (Å²) in [7, 11) is -4.31. The van der Waals surface area contributed by atoms with Crippen LogP contribution in [0.1, 0.15) is 104 Å². The maximum Gasteiger partial charge on any atom is 0.459 e. The van der Waals surface area contributed by atoms with Crippen molar-refractivity contribution in [2.24, 2.45) is 5.41 Å². The number of aliphatic hydroxyl groups is 1. The van der Waals surface area contributed by atoms with Gasteiger partial charge in [-0.3, -0.25) is 9.32 Å². The van der Waals surface area contributed by atoms with Gasteiger partial charge in [-0.25, -0.2) is 14.1 Å². The van der Waals surface area contributed by atoms with E-state index in [1.54, 1.807) is 30.5 Å². The van der Waals surface area contributed by atoms with Crippen molar-refractivity contribution in [2.45, 2.75) is 122 Å². The molecular formula is C35H49N6O8P. The van der Waals surface area contributed by atoms with Crippen LogP contribution in [0.15, 0.2) is 42.7 Å². The van der Waals surface area contributed by atoms with Gasteiger partial charge >= 0.3 is 13.7 Å². The van der Waals surface area contributed by atoms with Gasteiger partial charge in [-0.1, -0.05) is 45.7 Å². The molecule has 2 heterocycles. The van der Waals surface area contributed by atoms with Gasteiger partial charge in [0.25, 0.3) is 6.26 Å². The number of carbonyl (C=O) groups excluding carboxylic acids is 1. The second kappa shape index (κ2) is 14.9. The van der Waals surface area contributed by atoms with E-state index in [2.05, 4.69) is 35.9 Å². The smallest absolute Gasteiger partial charge is 0.459 e. The third-order valence-electron chi connectivity index (χ3n) is 9.32. The molecule has 4 N–H and O–H groups in total. The number of benzene rings is 1. The highest BCUT2D eigenvalue weighted by atomic mass is 31.2. The Labute approximate surface area is 293 Å². The van der Waals surface area contributed by atoms with Crippen LogP contribution in [0.2, 0.25) is 0 Å². The monoisotopic (exact) mass is 712 g/mol. The van der Waals surface area contributed by atoms with Gasteiger partial charge in [0.1, 0.15) is 41.9 Å². The molecule has 272 valence electrons. The second-order valence-corrected chi connectivity index (χ2v) is 16.7. The molecule has 2 aliphatic carbocycles. The molecule has 2 saturated carbocycles. The number of hydrogen-bond acceptors (Lipinski definition) is 12. The fourth-order valence-electron chi connectivity index (χ4n) is 6.76. The van der Waals surface area contributed by atoms with Gasteiger partial charge in [-0.2, -0.15) is 15.4 Å². The van der Waals surface area contributed by atoms with Gasteiger partial charge in [0.15, 0.2) is 11.6 Å². The number of nitrogens with one attached hydrogen (secondary N) is 1. The fourth-order valence-corrected chi connectivity index (χ4v) is 8.28. The number of ether oxygens (including phenoxy) is 3. The number of fused-ring (bicyclic) bond motifs is 1. The second-order valence-electron chi connectivity index (χ2n) is 15.0. The van der Waals surface area contributed by atoms with Crippen molar-refractivity contribution in [2.75, 3.05) is 12.3 Å². The highest BCUT2D eigenvalue weighted by Gasteiger charge is 2.48. The van der Waals surface area contributed by atoms with Crippen LogP contribution >= 0.6 is 7.75 Å². The highest BCUT2D eigenvalue weighted by molar-refractivity contribution is 7.52. The third-order valence-corrected chi connectivity index (χ3v) is 11.0. The lowest BCUT2D eigenvalue weighted by molar-refractivity contribution is -0.214. The van der Waals surface area contributed by atoms with Crippen LogP contribution in [0.3, 0.4) is 0 Å². The van der Waals surface area contributed by atoms with Crippen molar-refractivity contribution in [3.8, 4) is 12.0 Å². The molecule has 4 atom stereocenters. The molecule has 2 fully saturated rings. The van der Waals surface area contributed by atoms with Crippen LogP contribution in [0.25, 0.3) is 5.52 Å². The van der Waals surface area contributed by atoms with E-state index in [9.17, 15) is 19.7 Å². The Balaban J connectivity index is 1.34. The minimum absolute atomic E-state index is 0.0468. The van der Waals surface area contributed by atoms with Crippen molar-refractivity contribution in [3.05, 3.63) is 54.0 Å². The molecule has 5 rings (SSSR count). The van der Waals surface area contributed by atoms with Crippen molar-refractivity contribution in [1.82, 2.24) is 19.7 Å². The lowest BCUT2D eigenvalue weighted by Crippen LogP contribution is -2.45. The number of esters is 1. The molecule has 2 aromatic heterocycles. The van der Waals surface area contributed by atoms with E-state index < -0.39 is 44.4 Å². The molecule has 1 aromatic carbocycles. The van der Waals surface area contributed by atoms with E-state index in [0.717, 1.165) is 31.2 Å². The maximum atomic E-state index is 14.4. The topological polar surface area (TPSA) is 193 Å². The first-order valence-corrected chi connectivity index (χ1v) is 18.6. The number of nitrogens with two attached hydrogens (primary N) is 1. The van der Waals surface area contributed by atoms with E-state index in [1.165, 1.54) is 44.5 Å². The maximum absolute atomic E-state index is 14.4. The van der Waals surface area contributed by atoms with E-state index >= 15 is 0 Å². The van der Waals surface area contributed by atoms with Crippen LogP contribution in [0.5, 0.6) is 5.75 Å². The average molecular weight is 713 g/mol. The standard InChI is InChI=1S/C35H49N6O8P/c1-23(32(42)47-27-18-35(19-27)15-7-8-16-35)40-50(44,49-25-11-9-24(10-12-25)33(2,3)4)46-20-26(45-21-36)17-30(48-34(5,6)43)28-13-14-29-31(37)38-22-39-41(28)29/h9-14,22-23,26-27,30,43H,7-8,15-20H2,1-6H3,(H,40,44)(H2,37,38,39)/t23-,26-,30+,50?/m0/s1. The van der Waals surface area contributed by atoms with Crippen LogP contribution in [-0.4, -0.2) is 56.3 Å². The Bertz CT molecular complexity index is 1710. The zero-order valence-electron chi connectivity index (χ0n) is 29.6. The molecular weight excluding hydrogens is 663 g/mol. The van der Waals surface area contributed by atoms with E-state index in [4.69, 9.17) is 29.0 Å². The first kappa shape index (κ1) is 37.5. The van der Waals surface area contributed by atoms with Gasteiger partial charge in [0.05, 0.1) is 12.3 Å². The van der Waals surface area contributed by atoms with Gasteiger partial charge in [0.2, 0.25) is 0 Å². The van der Waals surface area contributed by atoms with Crippen molar-refractivity contribution < 1.29 is 37.7 Å². The van der Waals surface area contributed by atoms with Crippen molar-refractivity contribution in [1.29, 1.82) is 5.26 Å². The number of nitrogen functional groups attached to an aromatic ring is 1. The quantitative estimate of drug-likeness (QED) is 0.0709. The molecule has 3 aromatic rings. The van der Waals surface area contributed by atoms with Gasteiger partial charge < -0.3 is 29.6 Å². The van der Waals surface area contributed by atoms with Crippen LogP contribution < -0.4 is 15.3 Å². The summed E-state index contributed by atoms with van der Waals surface area (Å²) in [6.07, 6.45) is 7.22. The third kappa shape index (κ3) is 9.33. The Kier molecular flexibility index (Phi) is 11.2. The van der Waals surface area contributed by atoms with Crippen LogP contribution in [0.4, 0.5) is 5.82 Å². The van der Waals surface area contributed by atoms with E-state index in [0.29, 0.717) is 11.2 Å². The SMILES string of the molecule is C[C@H](NP(=O)(OC[C@H](C[C@@H](OC(C)(C)O)c1ccc2c(N)ncnn12)OC#N)Oc1ccc(C(C)(C)C)cc1)C(=O)OC1CC2(CCCC2)C1. The molecule has 0 aliphatic heterocycles. The molecule has 0 amide bonds. The minimum atomic E-state index is -4.31. The molecule has 50 heavy (non-hydrogen) atoms. The molecule has 0 bridgehead atoms. The number of nitrogens with zero attached hydrogens (tertiary/aromatic N) is 4. The van der Waals surface area contributed by atoms with Gasteiger partial charge in [0, 0.05) is 6.42 Å². The van der Waals surface area contributed by atoms with Crippen molar-refractivity contribution in [3.63, 3.8) is 0 Å². The Morgan fingerprint density at radius 3 is 2.46 bits per heavy atom. The Hall–Kier alpha value is -3.73. The average Bonchev–Trinajstić information content (AvgIpc) is 3.68. The van der Waals surface area contributed by atoms with Gasteiger partial charge in [-0.05, 0) is 87.1 Å². The summed E-state index contributed by atoms with van der Waals surface area (Å²) in [5.74, 6) is -1.68. The summed E-state index contributed by atoms with van der Waals surface area (Å²) in [5, 5.41) is 27.2. The molecule has 0 radical (unpaired) electrons. The van der Waals surface area contributed by atoms with E-state index in [1.807, 2.05) is 12.1 Å². The summed E-state index contributed by atoms with van der Waals surface area (Å²) in [6.45, 7) is 10.3. The lowest BCUT2D eigenvalue weighted by Gasteiger charge is -2.44. The van der Waals surface area contributed by atoms with Gasteiger partial charge in [-0.15, -0.1) is 0 Å². The minimum Gasteiger partial charge on any atom is -0.461 e. The molecule has 14 nitrogen and oxygen atoms in total. The number of carbonyl (C=O) groups is 1. The van der Waals surface area contributed by atoms with E-state index in [-0.39, 0.29) is 34.9 Å². The summed E-state index contributed by atoms with van der Waals surface area (Å²) in [4.78, 5) is 17.2. The molecule has 15 heteroatoms. The Morgan fingerprint density at radius 2 is 1.84 bits per heavy atom. The molecule has 0 saturated heterocycles. The molecule has 1 unspecified atom stereocenters. The predicted octanol–water partition coefficient (Wildman–Crippen LogP) is 6.10. The number of nitriles is 1. The summed E-state index contributed by atoms with van der Waals surface area (Å²) in [6, 6.07) is 9.46. The fraction of sp³-hybridized carbons (Fsp3) is 0.600. The molecule has 2 aliphatic rings. The summed E-state index contributed by atoms with van der Waals surface area (Å²) in [5.41, 5.74) is 8.24. The predicted molar refractivity (Wildman–Crippen MR) is 185 cm³/mol. The van der Waals surface area contributed by atoms with Crippen molar-refractivity contribution >= 4 is 25.1 Å². The first-order chi connectivity index (χ1) is 23.5. The number of rotatable bonds is 15. The Morgan fingerprint density at radius 1 is 1.16 bits per heavy atom. The number of anilines is 1. The highest BCUT2D eigenvalue weighted by Crippen LogP contribution is 2.54. The number of hydrogen-bond donors (Lipinski definition) is 3. The summed E-state index contributed by atoms with van der Waals surface area (Å²) >= 11 is 0. The normalized spacial score (nSPS) is 19.2. The number of aromatic nitrogens is 3. The largest absolute Gasteiger partial charge is 0.461 e. The molecule has 1 spiro atoms. The lowest BCUT2D eigenvalue weighted by atomic mass is 9.65.